The maximum absolute atomic E-state index is 5.85. The zero-order valence-electron chi connectivity index (χ0n) is 10.2. The van der Waals surface area contributed by atoms with Crippen molar-refractivity contribution < 1.29 is 9.16 Å². The van der Waals surface area contributed by atoms with E-state index in [2.05, 4.69) is 19.6 Å². The van der Waals surface area contributed by atoms with Crippen molar-refractivity contribution in [2.45, 2.75) is 45.3 Å². The highest BCUT2D eigenvalue weighted by Gasteiger charge is 2.50. The van der Waals surface area contributed by atoms with Crippen LogP contribution in [0.2, 0.25) is 19.6 Å². The van der Waals surface area contributed by atoms with Crippen molar-refractivity contribution in [3.8, 4) is 0 Å². The largest absolute Gasteiger partial charge is 0.415 e. The van der Waals surface area contributed by atoms with Gasteiger partial charge in [0.1, 0.15) is 18.9 Å². The molecule has 86 valence electrons. The predicted octanol–water partition coefficient (Wildman–Crippen LogP) is 3.21. The van der Waals surface area contributed by atoms with Crippen molar-refractivity contribution in [1.29, 1.82) is 0 Å². The summed E-state index contributed by atoms with van der Waals surface area (Å²) in [5, 5.41) is 0. The molecule has 0 spiro atoms. The van der Waals surface area contributed by atoms with Gasteiger partial charge in [0.2, 0.25) is 6.10 Å². The smallest absolute Gasteiger partial charge is 0.244 e. The monoisotopic (exact) mass is 227 g/mol. The van der Waals surface area contributed by atoms with Crippen LogP contribution in [0, 0.1) is 17.9 Å². The second-order valence-electron chi connectivity index (χ2n) is 5.86. The third kappa shape index (κ3) is 3.23. The molecule has 0 aromatic rings. The molecule has 0 N–H and O–H groups in total. The van der Waals surface area contributed by atoms with Crippen LogP contribution in [-0.2, 0) is 9.16 Å². The molecule has 2 atom stereocenters. The second-order valence-corrected chi connectivity index (χ2v) is 10.4. The zero-order chi connectivity index (χ0) is 10.9. The van der Waals surface area contributed by atoms with Gasteiger partial charge in [0.25, 0.3) is 0 Å². The zero-order valence-corrected chi connectivity index (χ0v) is 11.2. The van der Waals surface area contributed by atoms with Crippen LogP contribution in [0.25, 0.3) is 0 Å². The Kier molecular flexibility index (Phi) is 3.43. The van der Waals surface area contributed by atoms with Crippen LogP contribution in [0.4, 0.5) is 0 Å². The van der Waals surface area contributed by atoms with Crippen LogP contribution in [0.1, 0.15) is 25.7 Å². The molecule has 2 nitrogen and oxygen atoms in total. The predicted molar refractivity (Wildman–Crippen MR) is 63.9 cm³/mol. The van der Waals surface area contributed by atoms with Crippen LogP contribution in [0.3, 0.4) is 0 Å². The van der Waals surface area contributed by atoms with Gasteiger partial charge in [-0.25, -0.2) is 0 Å². The van der Waals surface area contributed by atoms with E-state index >= 15 is 0 Å². The summed E-state index contributed by atoms with van der Waals surface area (Å²) in [7, 11) is -1.34. The van der Waals surface area contributed by atoms with E-state index in [9.17, 15) is 0 Å². The summed E-state index contributed by atoms with van der Waals surface area (Å²) in [4.78, 5) is 0. The quantitative estimate of drug-likeness (QED) is 0.408. The molecule has 0 aromatic heterocycles. The van der Waals surface area contributed by atoms with Gasteiger partial charge in [-0.3, -0.25) is 0 Å². The van der Waals surface area contributed by atoms with Crippen LogP contribution in [0.15, 0.2) is 0 Å². The fourth-order valence-electron chi connectivity index (χ4n) is 2.70. The molecule has 2 aliphatic rings. The summed E-state index contributed by atoms with van der Waals surface area (Å²) < 4.78 is 11.6. The number of ether oxygens (including phenoxy) is 1. The number of rotatable bonds is 5. The van der Waals surface area contributed by atoms with Crippen LogP contribution >= 0.6 is 0 Å². The summed E-state index contributed by atoms with van der Waals surface area (Å²) in [6, 6.07) is 0. The Morgan fingerprint density at radius 3 is 2.53 bits per heavy atom. The van der Waals surface area contributed by atoms with Crippen LogP contribution in [-0.4, -0.2) is 21.5 Å². The van der Waals surface area contributed by atoms with Gasteiger partial charge in [-0.15, -0.1) is 0 Å². The lowest BCUT2D eigenvalue weighted by molar-refractivity contribution is 0.0762. The standard InChI is InChI=1S/C12H23O2Si/c1-15(2,3)14-7-6-13-12-9-10-4-5-11(12)8-10/h10-11H,4-9H2,1-3H3/q+1/t10-,11+/m0/s1. The summed E-state index contributed by atoms with van der Waals surface area (Å²) >= 11 is 0. The molecule has 0 aromatic carbocycles. The Labute approximate surface area is 94.5 Å². The lowest BCUT2D eigenvalue weighted by Crippen LogP contribution is -2.27. The van der Waals surface area contributed by atoms with E-state index in [0.717, 1.165) is 25.0 Å². The minimum atomic E-state index is -1.34. The molecule has 0 amide bonds. The topological polar surface area (TPSA) is 18.5 Å². The van der Waals surface area contributed by atoms with Gasteiger partial charge in [0.15, 0.2) is 8.32 Å². The molecular weight excluding hydrogens is 204 g/mol. The molecule has 0 unspecified atom stereocenters. The first-order valence-corrected chi connectivity index (χ1v) is 9.58. The molecule has 0 aliphatic heterocycles. The highest BCUT2D eigenvalue weighted by Crippen LogP contribution is 2.49. The summed E-state index contributed by atoms with van der Waals surface area (Å²) in [6.07, 6.45) is 6.81. The first kappa shape index (κ1) is 11.5. The molecule has 0 radical (unpaired) electrons. The molecule has 15 heavy (non-hydrogen) atoms. The summed E-state index contributed by atoms with van der Waals surface area (Å²) in [6.45, 7) is 8.20. The highest BCUT2D eigenvalue weighted by atomic mass is 28.4. The highest BCUT2D eigenvalue weighted by molar-refractivity contribution is 6.69. The van der Waals surface area contributed by atoms with Crippen molar-refractivity contribution >= 4 is 8.32 Å². The summed E-state index contributed by atoms with van der Waals surface area (Å²) in [5.41, 5.74) is 0. The van der Waals surface area contributed by atoms with Crippen molar-refractivity contribution in [3.05, 3.63) is 6.10 Å². The molecule has 2 saturated carbocycles. The normalized spacial score (nSPS) is 30.2. The van der Waals surface area contributed by atoms with E-state index in [1.165, 1.54) is 31.8 Å². The van der Waals surface area contributed by atoms with Crippen molar-refractivity contribution in [1.82, 2.24) is 0 Å². The van der Waals surface area contributed by atoms with Gasteiger partial charge in [-0.05, 0) is 32.5 Å². The molecule has 3 heteroatoms. The second kappa shape index (κ2) is 4.48. The molecule has 0 heterocycles. The molecular formula is C12H23O2Si+. The molecule has 2 bridgehead atoms. The SMILES string of the molecule is C[Si](C)(C)OCCO[C+]1C[C@H]2CC[C@@H]1C2. The van der Waals surface area contributed by atoms with Crippen molar-refractivity contribution in [2.75, 3.05) is 13.2 Å². The number of hydrogen-bond acceptors (Lipinski definition) is 2. The first-order valence-electron chi connectivity index (χ1n) is 6.17. The lowest BCUT2D eigenvalue weighted by Gasteiger charge is -2.17. The maximum Gasteiger partial charge on any atom is 0.244 e. The van der Waals surface area contributed by atoms with E-state index in [4.69, 9.17) is 9.16 Å². The third-order valence-electron chi connectivity index (χ3n) is 3.39. The number of hydrogen-bond donors (Lipinski definition) is 0. The fraction of sp³-hybridized carbons (Fsp3) is 0.917. The maximum atomic E-state index is 5.85. The van der Waals surface area contributed by atoms with Gasteiger partial charge in [-0.1, -0.05) is 0 Å². The van der Waals surface area contributed by atoms with Crippen molar-refractivity contribution in [3.63, 3.8) is 0 Å². The molecule has 2 fully saturated rings. The van der Waals surface area contributed by atoms with Crippen LogP contribution in [0.5, 0.6) is 0 Å². The Hall–Kier alpha value is 0.00688. The lowest BCUT2D eigenvalue weighted by atomic mass is 9.98. The molecule has 0 saturated heterocycles. The van der Waals surface area contributed by atoms with E-state index < -0.39 is 8.32 Å². The third-order valence-corrected chi connectivity index (χ3v) is 4.46. The minimum Gasteiger partial charge on any atom is -0.415 e. The van der Waals surface area contributed by atoms with E-state index in [1.54, 1.807) is 0 Å². The molecule has 2 rings (SSSR count). The van der Waals surface area contributed by atoms with Crippen molar-refractivity contribution in [2.24, 2.45) is 11.8 Å². The number of fused-ring (bicyclic) bond motifs is 2. The summed E-state index contributed by atoms with van der Waals surface area (Å²) in [5.74, 6) is 1.74. The first-order chi connectivity index (χ1) is 7.04. The van der Waals surface area contributed by atoms with E-state index in [0.29, 0.717) is 0 Å². The Balaban J connectivity index is 1.59. The van der Waals surface area contributed by atoms with Gasteiger partial charge in [0.05, 0.1) is 6.61 Å². The van der Waals surface area contributed by atoms with E-state index in [-0.39, 0.29) is 0 Å². The van der Waals surface area contributed by atoms with Gasteiger partial charge in [0, 0.05) is 12.3 Å². The van der Waals surface area contributed by atoms with Gasteiger partial charge in [-0.2, -0.15) is 4.74 Å². The Morgan fingerprint density at radius 1 is 1.20 bits per heavy atom. The van der Waals surface area contributed by atoms with Gasteiger partial charge >= 0.3 is 0 Å². The fourth-order valence-corrected chi connectivity index (χ4v) is 3.40. The Morgan fingerprint density at radius 2 is 2.00 bits per heavy atom. The van der Waals surface area contributed by atoms with Crippen LogP contribution < -0.4 is 0 Å². The van der Waals surface area contributed by atoms with Gasteiger partial charge < -0.3 is 4.43 Å². The molecule has 2 aliphatic carbocycles. The average molecular weight is 227 g/mol. The minimum absolute atomic E-state index is 0.767. The average Bonchev–Trinajstić information content (AvgIpc) is 2.71. The Bertz CT molecular complexity index is 212. The van der Waals surface area contributed by atoms with E-state index in [1.807, 2.05) is 0 Å².